The number of halogens is 3. The molecular formula is C16H15Br2ClO2. The van der Waals surface area contributed by atoms with Gasteiger partial charge >= 0.3 is 0 Å². The Bertz CT molecular complexity index is 659. The van der Waals surface area contributed by atoms with Crippen LogP contribution in [-0.4, -0.2) is 14.2 Å². The molecule has 0 aliphatic carbocycles. The van der Waals surface area contributed by atoms with Gasteiger partial charge in [0.25, 0.3) is 0 Å². The summed E-state index contributed by atoms with van der Waals surface area (Å²) in [6.07, 6.45) is 0. The molecule has 0 saturated carbocycles. The summed E-state index contributed by atoms with van der Waals surface area (Å²) in [6.45, 7) is 2.04. The SMILES string of the molecule is COc1cc(Br)c(C(Cl)c2ccc(Br)c(C)c2)cc1OC. The standard InChI is InChI=1S/C16H15Br2ClO2/c1-9-6-10(4-5-12(9)17)16(19)11-7-14(20-2)15(21-3)8-13(11)18/h4-8,16H,1-3H3. The van der Waals surface area contributed by atoms with E-state index in [0.717, 1.165) is 25.6 Å². The van der Waals surface area contributed by atoms with Crippen LogP contribution in [0.5, 0.6) is 11.5 Å². The Kier molecular flexibility index (Phi) is 5.58. The van der Waals surface area contributed by atoms with Gasteiger partial charge in [-0.1, -0.05) is 44.0 Å². The summed E-state index contributed by atoms with van der Waals surface area (Å²) in [5, 5.41) is -0.272. The van der Waals surface area contributed by atoms with E-state index >= 15 is 0 Å². The second-order valence-electron chi connectivity index (χ2n) is 4.60. The van der Waals surface area contributed by atoms with Gasteiger partial charge in [0, 0.05) is 8.95 Å². The van der Waals surface area contributed by atoms with Crippen molar-refractivity contribution < 1.29 is 9.47 Å². The zero-order valence-corrected chi connectivity index (χ0v) is 15.8. The Morgan fingerprint density at radius 1 is 0.952 bits per heavy atom. The predicted molar refractivity (Wildman–Crippen MR) is 93.8 cm³/mol. The average molecular weight is 435 g/mol. The third-order valence-electron chi connectivity index (χ3n) is 3.25. The highest BCUT2D eigenvalue weighted by molar-refractivity contribution is 9.10. The fourth-order valence-electron chi connectivity index (χ4n) is 2.07. The van der Waals surface area contributed by atoms with Crippen LogP contribution in [-0.2, 0) is 0 Å². The van der Waals surface area contributed by atoms with Crippen molar-refractivity contribution in [2.45, 2.75) is 12.3 Å². The van der Waals surface area contributed by atoms with Gasteiger partial charge in [-0.3, -0.25) is 0 Å². The summed E-state index contributed by atoms with van der Waals surface area (Å²) in [4.78, 5) is 0. The molecule has 2 nitrogen and oxygen atoms in total. The van der Waals surface area contributed by atoms with Gasteiger partial charge < -0.3 is 9.47 Å². The number of hydrogen-bond acceptors (Lipinski definition) is 2. The van der Waals surface area contributed by atoms with E-state index in [1.807, 2.05) is 31.2 Å². The van der Waals surface area contributed by atoms with Crippen LogP contribution in [0.3, 0.4) is 0 Å². The third-order valence-corrected chi connectivity index (χ3v) is 5.31. The largest absolute Gasteiger partial charge is 0.493 e. The molecule has 0 amide bonds. The molecule has 2 rings (SSSR count). The van der Waals surface area contributed by atoms with Gasteiger partial charge in [-0.25, -0.2) is 0 Å². The Morgan fingerprint density at radius 3 is 2.14 bits per heavy atom. The van der Waals surface area contributed by atoms with E-state index in [9.17, 15) is 0 Å². The van der Waals surface area contributed by atoms with Gasteiger partial charge in [0.1, 0.15) is 0 Å². The molecule has 112 valence electrons. The highest BCUT2D eigenvalue weighted by Gasteiger charge is 2.18. The highest BCUT2D eigenvalue weighted by atomic mass is 79.9. The van der Waals surface area contributed by atoms with Gasteiger partial charge in [-0.05, 0) is 41.8 Å². The maximum atomic E-state index is 6.64. The topological polar surface area (TPSA) is 18.5 Å². The third kappa shape index (κ3) is 3.55. The lowest BCUT2D eigenvalue weighted by molar-refractivity contribution is 0.354. The lowest BCUT2D eigenvalue weighted by Gasteiger charge is -2.16. The number of methoxy groups -OCH3 is 2. The quantitative estimate of drug-likeness (QED) is 0.561. The molecule has 2 aromatic rings. The minimum atomic E-state index is -0.272. The van der Waals surface area contributed by atoms with Gasteiger partial charge in [-0.15, -0.1) is 11.6 Å². The summed E-state index contributed by atoms with van der Waals surface area (Å²) in [7, 11) is 3.22. The van der Waals surface area contributed by atoms with E-state index in [0.29, 0.717) is 11.5 Å². The molecule has 5 heteroatoms. The number of benzene rings is 2. The van der Waals surface area contributed by atoms with Gasteiger partial charge in [-0.2, -0.15) is 0 Å². The Balaban J connectivity index is 2.47. The highest BCUT2D eigenvalue weighted by Crippen LogP contribution is 2.41. The number of rotatable bonds is 4. The molecule has 1 unspecified atom stereocenters. The summed E-state index contributed by atoms with van der Waals surface area (Å²) in [5.41, 5.74) is 3.12. The zero-order valence-electron chi connectivity index (χ0n) is 11.9. The molecule has 0 bridgehead atoms. The predicted octanol–water partition coefficient (Wildman–Crippen LogP) is 5.87. The Morgan fingerprint density at radius 2 is 1.57 bits per heavy atom. The van der Waals surface area contributed by atoms with E-state index in [2.05, 4.69) is 37.9 Å². The minimum absolute atomic E-state index is 0.272. The Labute approximate surface area is 146 Å². The molecule has 2 aromatic carbocycles. The molecule has 0 aliphatic heterocycles. The first-order chi connectivity index (χ1) is 9.97. The number of ether oxygens (including phenoxy) is 2. The van der Waals surface area contributed by atoms with Crippen LogP contribution in [0, 0.1) is 6.92 Å². The van der Waals surface area contributed by atoms with Crippen molar-refractivity contribution in [3.63, 3.8) is 0 Å². The van der Waals surface area contributed by atoms with Crippen LogP contribution in [0.1, 0.15) is 22.1 Å². The van der Waals surface area contributed by atoms with Crippen LogP contribution in [0.2, 0.25) is 0 Å². The molecule has 0 spiro atoms. The van der Waals surface area contributed by atoms with Crippen molar-refractivity contribution in [2.75, 3.05) is 14.2 Å². The average Bonchev–Trinajstić information content (AvgIpc) is 2.49. The Hall–Kier alpha value is -0.710. The van der Waals surface area contributed by atoms with Crippen molar-refractivity contribution in [3.8, 4) is 11.5 Å². The normalized spacial score (nSPS) is 12.1. The summed E-state index contributed by atoms with van der Waals surface area (Å²) < 4.78 is 12.6. The first kappa shape index (κ1) is 16.7. The second kappa shape index (κ2) is 7.03. The molecule has 0 N–H and O–H groups in total. The fraction of sp³-hybridized carbons (Fsp3) is 0.250. The van der Waals surface area contributed by atoms with Crippen LogP contribution in [0.15, 0.2) is 39.3 Å². The molecule has 1 atom stereocenters. The van der Waals surface area contributed by atoms with Crippen LogP contribution < -0.4 is 9.47 Å². The fourth-order valence-corrected chi connectivity index (χ4v) is 3.32. The van der Waals surface area contributed by atoms with Gasteiger partial charge in [0.15, 0.2) is 11.5 Å². The summed E-state index contributed by atoms with van der Waals surface area (Å²) >= 11 is 13.7. The van der Waals surface area contributed by atoms with Crippen molar-refractivity contribution in [3.05, 3.63) is 56.0 Å². The minimum Gasteiger partial charge on any atom is -0.493 e. The number of hydrogen-bond donors (Lipinski definition) is 0. The van der Waals surface area contributed by atoms with Crippen LogP contribution in [0.4, 0.5) is 0 Å². The number of alkyl halides is 1. The van der Waals surface area contributed by atoms with E-state index in [4.69, 9.17) is 21.1 Å². The van der Waals surface area contributed by atoms with Crippen molar-refractivity contribution in [1.82, 2.24) is 0 Å². The monoisotopic (exact) mass is 432 g/mol. The summed E-state index contributed by atoms with van der Waals surface area (Å²) in [5.74, 6) is 1.33. The van der Waals surface area contributed by atoms with Gasteiger partial charge in [0.2, 0.25) is 0 Å². The molecule has 0 heterocycles. The molecule has 0 aliphatic rings. The lowest BCUT2D eigenvalue weighted by atomic mass is 10.0. The molecule has 21 heavy (non-hydrogen) atoms. The summed E-state index contributed by atoms with van der Waals surface area (Å²) in [6, 6.07) is 9.87. The molecule has 0 radical (unpaired) electrons. The van der Waals surface area contributed by atoms with Crippen LogP contribution in [0.25, 0.3) is 0 Å². The van der Waals surface area contributed by atoms with Gasteiger partial charge in [0.05, 0.1) is 19.6 Å². The lowest BCUT2D eigenvalue weighted by Crippen LogP contribution is -1.98. The zero-order chi connectivity index (χ0) is 15.6. The molecule has 0 fully saturated rings. The first-order valence-corrected chi connectivity index (χ1v) is 8.31. The first-order valence-electron chi connectivity index (χ1n) is 6.29. The molecule has 0 aromatic heterocycles. The van der Waals surface area contributed by atoms with E-state index in [1.165, 1.54) is 0 Å². The van der Waals surface area contributed by atoms with E-state index in [-0.39, 0.29) is 5.38 Å². The van der Waals surface area contributed by atoms with E-state index in [1.54, 1.807) is 14.2 Å². The van der Waals surface area contributed by atoms with Crippen molar-refractivity contribution >= 4 is 43.5 Å². The van der Waals surface area contributed by atoms with E-state index < -0.39 is 0 Å². The number of aryl methyl sites for hydroxylation is 1. The van der Waals surface area contributed by atoms with Crippen molar-refractivity contribution in [1.29, 1.82) is 0 Å². The van der Waals surface area contributed by atoms with Crippen LogP contribution >= 0.6 is 43.5 Å². The second-order valence-corrected chi connectivity index (χ2v) is 6.74. The molecule has 0 saturated heterocycles. The maximum absolute atomic E-state index is 6.64. The smallest absolute Gasteiger partial charge is 0.161 e. The molecular weight excluding hydrogens is 419 g/mol. The maximum Gasteiger partial charge on any atom is 0.161 e. The van der Waals surface area contributed by atoms with Crippen molar-refractivity contribution in [2.24, 2.45) is 0 Å².